The summed E-state index contributed by atoms with van der Waals surface area (Å²) < 4.78 is 15.9. The van der Waals surface area contributed by atoms with Gasteiger partial charge in [-0.15, -0.1) is 11.8 Å². The molecule has 1 aliphatic rings. The fraction of sp³-hybridized carbons (Fsp3) is 0.389. The SMILES string of the molecule is Cc1cc(NC(=O)CSCC(=O)NCCc2cc(Cl)c3c(c2)OCCO3)no1. The first-order valence-corrected chi connectivity index (χ1v) is 10.2. The van der Waals surface area contributed by atoms with Gasteiger partial charge in [-0.2, -0.15) is 0 Å². The van der Waals surface area contributed by atoms with Gasteiger partial charge in [0.05, 0.1) is 16.5 Å². The Balaban J connectivity index is 1.34. The van der Waals surface area contributed by atoms with Gasteiger partial charge in [0, 0.05) is 12.6 Å². The average Bonchev–Trinajstić information content (AvgIpc) is 3.06. The van der Waals surface area contributed by atoms with Crippen molar-refractivity contribution in [3.8, 4) is 11.5 Å². The monoisotopic (exact) mass is 425 g/mol. The van der Waals surface area contributed by atoms with Crippen LogP contribution in [0.5, 0.6) is 11.5 Å². The number of rotatable bonds is 8. The summed E-state index contributed by atoms with van der Waals surface area (Å²) in [4.78, 5) is 23.7. The summed E-state index contributed by atoms with van der Waals surface area (Å²) in [7, 11) is 0. The minimum Gasteiger partial charge on any atom is -0.486 e. The molecule has 10 heteroatoms. The second-order valence-electron chi connectivity index (χ2n) is 6.07. The van der Waals surface area contributed by atoms with Gasteiger partial charge in [-0.25, -0.2) is 0 Å². The Bertz CT molecular complexity index is 858. The highest BCUT2D eigenvalue weighted by atomic mass is 35.5. The van der Waals surface area contributed by atoms with E-state index in [0.29, 0.717) is 54.3 Å². The topological polar surface area (TPSA) is 103 Å². The number of halogens is 1. The van der Waals surface area contributed by atoms with Crippen LogP contribution in [0.4, 0.5) is 5.82 Å². The molecule has 1 aliphatic heterocycles. The van der Waals surface area contributed by atoms with Crippen molar-refractivity contribution >= 4 is 41.0 Å². The van der Waals surface area contributed by atoms with Crippen LogP contribution < -0.4 is 20.1 Å². The first-order valence-electron chi connectivity index (χ1n) is 8.67. The summed E-state index contributed by atoms with van der Waals surface area (Å²) in [5, 5.41) is 9.61. The second kappa shape index (κ2) is 9.70. The Hall–Kier alpha value is -2.39. The third-order valence-electron chi connectivity index (χ3n) is 3.75. The number of aryl methyl sites for hydroxylation is 1. The number of thioether (sulfide) groups is 1. The average molecular weight is 426 g/mol. The molecular weight excluding hydrogens is 406 g/mol. The van der Waals surface area contributed by atoms with Gasteiger partial charge in [0.2, 0.25) is 11.8 Å². The number of amides is 2. The van der Waals surface area contributed by atoms with E-state index in [0.717, 1.165) is 5.56 Å². The second-order valence-corrected chi connectivity index (χ2v) is 7.46. The summed E-state index contributed by atoms with van der Waals surface area (Å²) in [5.41, 5.74) is 0.949. The Kier molecular flexibility index (Phi) is 7.05. The van der Waals surface area contributed by atoms with Gasteiger partial charge in [0.15, 0.2) is 17.3 Å². The Labute approximate surface area is 171 Å². The van der Waals surface area contributed by atoms with Gasteiger partial charge in [-0.05, 0) is 31.0 Å². The van der Waals surface area contributed by atoms with Crippen molar-refractivity contribution in [3.63, 3.8) is 0 Å². The normalized spacial score (nSPS) is 12.5. The van der Waals surface area contributed by atoms with Crippen molar-refractivity contribution in [2.75, 3.05) is 36.6 Å². The number of ether oxygens (including phenoxy) is 2. The van der Waals surface area contributed by atoms with Crippen molar-refractivity contribution in [2.45, 2.75) is 13.3 Å². The molecule has 0 radical (unpaired) electrons. The van der Waals surface area contributed by atoms with Crippen molar-refractivity contribution in [2.24, 2.45) is 0 Å². The maximum Gasteiger partial charge on any atom is 0.235 e. The number of nitrogens with zero attached hydrogens (tertiary/aromatic N) is 1. The van der Waals surface area contributed by atoms with E-state index in [1.54, 1.807) is 13.0 Å². The van der Waals surface area contributed by atoms with Crippen molar-refractivity contribution in [3.05, 3.63) is 34.5 Å². The van der Waals surface area contributed by atoms with Crippen LogP contribution in [0.2, 0.25) is 5.02 Å². The molecular formula is C18H20ClN3O5S. The predicted molar refractivity (Wildman–Crippen MR) is 106 cm³/mol. The van der Waals surface area contributed by atoms with E-state index >= 15 is 0 Å². The molecule has 3 rings (SSSR count). The number of nitrogens with one attached hydrogen (secondary N) is 2. The molecule has 0 bridgehead atoms. The summed E-state index contributed by atoms with van der Waals surface area (Å²) >= 11 is 7.43. The van der Waals surface area contributed by atoms with Gasteiger partial charge in [0.1, 0.15) is 19.0 Å². The molecule has 8 nitrogen and oxygen atoms in total. The van der Waals surface area contributed by atoms with Crippen LogP contribution in [0.15, 0.2) is 22.7 Å². The zero-order chi connectivity index (χ0) is 19.9. The van der Waals surface area contributed by atoms with Crippen LogP contribution in [0.1, 0.15) is 11.3 Å². The Morgan fingerprint density at radius 3 is 2.75 bits per heavy atom. The van der Waals surface area contributed by atoms with Gasteiger partial charge in [-0.3, -0.25) is 9.59 Å². The highest BCUT2D eigenvalue weighted by Gasteiger charge is 2.16. The number of fused-ring (bicyclic) bond motifs is 1. The van der Waals surface area contributed by atoms with Crippen LogP contribution in [0.3, 0.4) is 0 Å². The molecule has 28 heavy (non-hydrogen) atoms. The highest BCUT2D eigenvalue weighted by Crippen LogP contribution is 2.38. The van der Waals surface area contributed by atoms with Gasteiger partial charge < -0.3 is 24.6 Å². The largest absolute Gasteiger partial charge is 0.486 e. The number of benzene rings is 1. The van der Waals surface area contributed by atoms with Gasteiger partial charge in [0.25, 0.3) is 0 Å². The molecule has 0 fully saturated rings. The molecule has 2 amide bonds. The van der Waals surface area contributed by atoms with Crippen LogP contribution in [0, 0.1) is 6.92 Å². The minimum atomic E-state index is -0.239. The fourth-order valence-corrected chi connectivity index (χ4v) is 3.48. The third kappa shape index (κ3) is 5.80. The lowest BCUT2D eigenvalue weighted by molar-refractivity contribution is -0.118. The van der Waals surface area contributed by atoms with Crippen LogP contribution in [0.25, 0.3) is 0 Å². The standard InChI is InChI=1S/C18H20ClN3O5S/c1-11-6-15(22-27-11)21-17(24)10-28-9-16(23)20-3-2-12-7-13(19)18-14(8-12)25-4-5-26-18/h6-8H,2-5,9-10H2,1H3,(H,20,23)(H,21,22,24). The minimum absolute atomic E-state index is 0.140. The Morgan fingerprint density at radius 2 is 1.96 bits per heavy atom. The zero-order valence-electron chi connectivity index (χ0n) is 15.2. The number of hydrogen-bond acceptors (Lipinski definition) is 7. The lowest BCUT2D eigenvalue weighted by Gasteiger charge is -2.20. The lowest BCUT2D eigenvalue weighted by Crippen LogP contribution is -2.28. The smallest absolute Gasteiger partial charge is 0.235 e. The highest BCUT2D eigenvalue weighted by molar-refractivity contribution is 8.00. The number of carbonyl (C=O) groups excluding carboxylic acids is 2. The fourth-order valence-electron chi connectivity index (χ4n) is 2.55. The van der Waals surface area contributed by atoms with Crippen LogP contribution >= 0.6 is 23.4 Å². The maximum atomic E-state index is 11.9. The molecule has 0 aliphatic carbocycles. The van der Waals surface area contributed by atoms with Crippen molar-refractivity contribution in [1.29, 1.82) is 0 Å². The molecule has 1 aromatic heterocycles. The van der Waals surface area contributed by atoms with E-state index in [1.807, 2.05) is 12.1 Å². The number of anilines is 1. The van der Waals surface area contributed by atoms with E-state index in [4.69, 9.17) is 25.6 Å². The molecule has 1 aromatic carbocycles. The molecule has 150 valence electrons. The van der Waals surface area contributed by atoms with Crippen molar-refractivity contribution in [1.82, 2.24) is 10.5 Å². The molecule has 2 heterocycles. The number of hydrogen-bond donors (Lipinski definition) is 2. The quantitative estimate of drug-likeness (QED) is 0.669. The van der Waals surface area contributed by atoms with E-state index in [1.165, 1.54) is 11.8 Å². The summed E-state index contributed by atoms with van der Waals surface area (Å²) in [5.74, 6) is 2.13. The number of aromatic nitrogens is 1. The van der Waals surface area contributed by atoms with E-state index in [2.05, 4.69) is 15.8 Å². The van der Waals surface area contributed by atoms with Crippen LogP contribution in [-0.4, -0.2) is 48.2 Å². The first-order chi connectivity index (χ1) is 13.5. The molecule has 0 unspecified atom stereocenters. The molecule has 2 aromatic rings. The molecule has 0 saturated carbocycles. The zero-order valence-corrected chi connectivity index (χ0v) is 16.8. The lowest BCUT2D eigenvalue weighted by atomic mass is 10.1. The first kappa shape index (κ1) is 20.3. The van der Waals surface area contributed by atoms with E-state index in [-0.39, 0.29) is 23.3 Å². The predicted octanol–water partition coefficient (Wildman–Crippen LogP) is 2.44. The van der Waals surface area contributed by atoms with E-state index < -0.39 is 0 Å². The summed E-state index contributed by atoms with van der Waals surface area (Å²) in [6.07, 6.45) is 0.610. The maximum absolute atomic E-state index is 11.9. The molecule has 0 spiro atoms. The molecule has 0 atom stereocenters. The number of carbonyl (C=O) groups is 2. The van der Waals surface area contributed by atoms with E-state index in [9.17, 15) is 9.59 Å². The molecule has 2 N–H and O–H groups in total. The van der Waals surface area contributed by atoms with Crippen molar-refractivity contribution < 1.29 is 23.6 Å². The van der Waals surface area contributed by atoms with Gasteiger partial charge in [-0.1, -0.05) is 16.8 Å². The molecule has 0 saturated heterocycles. The summed E-state index contributed by atoms with van der Waals surface area (Å²) in [6.45, 7) is 3.17. The summed E-state index contributed by atoms with van der Waals surface area (Å²) in [6, 6.07) is 5.31. The van der Waals surface area contributed by atoms with Crippen LogP contribution in [-0.2, 0) is 16.0 Å². The Morgan fingerprint density at radius 1 is 1.18 bits per heavy atom. The van der Waals surface area contributed by atoms with Gasteiger partial charge >= 0.3 is 0 Å². The third-order valence-corrected chi connectivity index (χ3v) is 4.97.